The quantitative estimate of drug-likeness (QED) is 0.178. The molecule has 0 bridgehead atoms. The number of nitrogens with zero attached hydrogens (tertiary/aromatic N) is 6. The lowest BCUT2D eigenvalue weighted by molar-refractivity contribution is -0.136. The molecule has 2 aromatic heterocycles. The van der Waals surface area contributed by atoms with Gasteiger partial charge in [0, 0.05) is 18.3 Å². The van der Waals surface area contributed by atoms with E-state index in [1.807, 2.05) is 55.8 Å². The minimum Gasteiger partial charge on any atom is -0.390 e. The van der Waals surface area contributed by atoms with Gasteiger partial charge in [0.1, 0.15) is 28.6 Å². The van der Waals surface area contributed by atoms with E-state index in [-0.39, 0.29) is 28.7 Å². The smallest absolute Gasteiger partial charge is 0.162 e. The maximum absolute atomic E-state index is 14.5. The first-order valence-electron chi connectivity index (χ1n) is 26.8. The van der Waals surface area contributed by atoms with Crippen molar-refractivity contribution in [3.05, 3.63) is 48.0 Å². The summed E-state index contributed by atoms with van der Waals surface area (Å²) in [7, 11) is 0. The third-order valence-corrected chi connectivity index (χ3v) is 21.9. The molecule has 4 aromatic rings. The summed E-state index contributed by atoms with van der Waals surface area (Å²) in [6.45, 7) is 11.0. The molecule has 18 atom stereocenters. The first kappa shape index (κ1) is 43.8. The van der Waals surface area contributed by atoms with Gasteiger partial charge in [-0.25, -0.2) is 4.68 Å². The van der Waals surface area contributed by atoms with Crippen molar-refractivity contribution >= 4 is 33.6 Å². The maximum Gasteiger partial charge on any atom is 0.162 e. The molecule has 0 radical (unpaired) electrons. The van der Waals surface area contributed by atoms with Gasteiger partial charge in [-0.05, 0) is 236 Å². The second-order valence-electron chi connectivity index (χ2n) is 25.1. The van der Waals surface area contributed by atoms with E-state index in [1.165, 1.54) is 44.9 Å². The average Bonchev–Trinajstić information content (AvgIpc) is 4.09. The number of para-hydroxylation sites is 1. The molecular formula is C56H76N6O4. The maximum atomic E-state index is 14.5. The molecule has 0 aliphatic heterocycles. The fraction of sp³-hybridized carbons (Fsp3) is 0.750. The monoisotopic (exact) mass is 897 g/mol. The first-order chi connectivity index (χ1) is 31.6. The Hall–Kier alpha value is -3.50. The number of aromatic nitrogens is 6. The fourth-order valence-electron chi connectivity index (χ4n) is 18.8. The summed E-state index contributed by atoms with van der Waals surface area (Å²) in [5, 5.41) is 41.9. The lowest BCUT2D eigenvalue weighted by Crippen LogP contribution is -2.52. The molecule has 8 fully saturated rings. The number of aliphatic hydroxyl groups is 2. The van der Waals surface area contributed by atoms with Crippen LogP contribution in [0, 0.1) is 81.8 Å². The Balaban J connectivity index is 0.679. The van der Waals surface area contributed by atoms with Crippen molar-refractivity contribution in [3.8, 4) is 0 Å². The number of ketones is 2. The van der Waals surface area contributed by atoms with Crippen molar-refractivity contribution < 1.29 is 19.8 Å². The van der Waals surface area contributed by atoms with Crippen molar-refractivity contribution in [2.75, 3.05) is 0 Å². The molecule has 0 amide bonds. The van der Waals surface area contributed by atoms with Crippen molar-refractivity contribution in [3.63, 3.8) is 0 Å². The molecule has 8 aliphatic carbocycles. The van der Waals surface area contributed by atoms with E-state index < -0.39 is 17.2 Å². The molecule has 1 unspecified atom stereocenters. The Labute approximate surface area is 391 Å². The van der Waals surface area contributed by atoms with Gasteiger partial charge in [0.05, 0.1) is 16.7 Å². The van der Waals surface area contributed by atoms with Gasteiger partial charge in [-0.1, -0.05) is 37.3 Å². The van der Waals surface area contributed by atoms with Gasteiger partial charge in [-0.3, -0.25) is 9.59 Å². The Morgan fingerprint density at radius 2 is 1.21 bits per heavy atom. The van der Waals surface area contributed by atoms with E-state index in [9.17, 15) is 19.8 Å². The second kappa shape index (κ2) is 15.8. The molecule has 2 N–H and O–H groups in total. The lowest BCUT2D eigenvalue weighted by atomic mass is 9.48. The largest absolute Gasteiger partial charge is 0.390 e. The van der Waals surface area contributed by atoms with E-state index in [0.717, 1.165) is 116 Å². The molecule has 12 rings (SSSR count). The second-order valence-corrected chi connectivity index (χ2v) is 25.1. The zero-order valence-electron chi connectivity index (χ0n) is 40.5. The highest BCUT2D eigenvalue weighted by molar-refractivity contribution is 5.88. The van der Waals surface area contributed by atoms with Gasteiger partial charge < -0.3 is 10.2 Å². The molecule has 10 heteroatoms. The Morgan fingerprint density at radius 3 is 1.89 bits per heavy atom. The summed E-state index contributed by atoms with van der Waals surface area (Å²) >= 11 is 0. The van der Waals surface area contributed by atoms with Crippen LogP contribution in [0.5, 0.6) is 0 Å². The van der Waals surface area contributed by atoms with E-state index in [2.05, 4.69) is 36.3 Å². The number of hydrogen-bond donors (Lipinski definition) is 2. The van der Waals surface area contributed by atoms with Crippen LogP contribution in [-0.4, -0.2) is 63.0 Å². The van der Waals surface area contributed by atoms with Gasteiger partial charge in [0.15, 0.2) is 11.6 Å². The van der Waals surface area contributed by atoms with Gasteiger partial charge in [-0.15, -0.1) is 5.10 Å². The van der Waals surface area contributed by atoms with Crippen LogP contribution < -0.4 is 0 Å². The van der Waals surface area contributed by atoms with E-state index in [1.54, 1.807) is 4.80 Å². The van der Waals surface area contributed by atoms with E-state index in [0.29, 0.717) is 59.4 Å². The van der Waals surface area contributed by atoms with Crippen molar-refractivity contribution in [1.82, 2.24) is 30.0 Å². The minimum absolute atomic E-state index is 0.0354. The molecule has 2 heterocycles. The van der Waals surface area contributed by atoms with Crippen LogP contribution in [0.15, 0.2) is 42.5 Å². The molecular weight excluding hydrogens is 821 g/mol. The summed E-state index contributed by atoms with van der Waals surface area (Å²) in [5.74, 6) is 7.41. The average molecular weight is 897 g/mol. The Morgan fingerprint density at radius 1 is 0.621 bits per heavy atom. The Kier molecular flexibility index (Phi) is 10.5. The lowest BCUT2D eigenvalue weighted by Gasteiger charge is -2.57. The van der Waals surface area contributed by atoms with Crippen LogP contribution in [0.25, 0.3) is 22.1 Å². The molecule has 66 heavy (non-hydrogen) atoms. The summed E-state index contributed by atoms with van der Waals surface area (Å²) in [4.78, 5) is 30.6. The van der Waals surface area contributed by atoms with Gasteiger partial charge in [-0.2, -0.15) is 15.0 Å². The van der Waals surface area contributed by atoms with Crippen LogP contribution in [0.1, 0.15) is 168 Å². The van der Waals surface area contributed by atoms with Crippen LogP contribution in [-0.2, 0) is 16.0 Å². The number of rotatable bonds is 8. The number of carbonyl (C=O) groups excluding carboxylic acids is 2. The summed E-state index contributed by atoms with van der Waals surface area (Å²) in [6, 6.07) is 13.5. The SMILES string of the molecule is C[C@H](C(=O)[C@H]1CC[C@H]2[C@@H]3CC[C@H]4C[C@@](O)(Cc5ccc6nn([C@@H](C)C(=O)[C@H]7CC[C@H]8C9CC[C@H]%10C[C@](C)(O)CC[C@@H]%10[C@H]9CC[C@]78C)nc6c5)CC[C@@H]4[C@H]3CC[C@]12C)n1nnc2ccccc21. The zero-order valence-corrected chi connectivity index (χ0v) is 40.5. The molecule has 0 spiro atoms. The molecule has 354 valence electrons. The van der Waals surface area contributed by atoms with Crippen molar-refractivity contribution in [2.45, 2.75) is 180 Å². The van der Waals surface area contributed by atoms with Gasteiger partial charge >= 0.3 is 0 Å². The molecule has 8 aliphatic rings. The molecule has 10 nitrogen and oxygen atoms in total. The fourth-order valence-corrected chi connectivity index (χ4v) is 18.8. The predicted octanol–water partition coefficient (Wildman–Crippen LogP) is 10.7. The molecule has 8 saturated carbocycles. The van der Waals surface area contributed by atoms with Crippen LogP contribution in [0.4, 0.5) is 0 Å². The zero-order chi connectivity index (χ0) is 45.5. The number of hydrogen-bond acceptors (Lipinski definition) is 8. The standard InChI is InChI=1S/C56H76N6O4/c1-32(61-50-9-7-6-8-48(50)57-60-61)51(63)45-17-15-43-42-14-12-36-31-56(66,27-23-38(36)40(42)22-25-54(43,45)4)29-34-10-19-47-49(28-34)59-62(58-47)33(2)52(64)46-18-16-44-41-13-11-35-30-53(3,65)24-20-37(35)39(41)21-26-55(44,46)5/h6-10,19,28,32-33,35-46,65-66H,11-18,20-27,29-31H2,1-5H3/t32-,33+,35+,36+,37+,38+,39-,40-,41?,42-,43+,44+,45-,46-,53-,54+,55+,56+/m1/s1. The minimum atomic E-state index is -0.736. The molecule has 2 aromatic carbocycles. The summed E-state index contributed by atoms with van der Waals surface area (Å²) < 4.78 is 1.85. The van der Waals surface area contributed by atoms with Crippen LogP contribution in [0.3, 0.4) is 0 Å². The highest BCUT2D eigenvalue weighted by atomic mass is 16.3. The van der Waals surface area contributed by atoms with Crippen LogP contribution in [0.2, 0.25) is 0 Å². The number of fused-ring (bicyclic) bond motifs is 12. The normalized spacial score (nSPS) is 43.8. The predicted molar refractivity (Wildman–Crippen MR) is 255 cm³/mol. The van der Waals surface area contributed by atoms with Gasteiger partial charge in [0.25, 0.3) is 0 Å². The highest BCUT2D eigenvalue weighted by Gasteiger charge is 2.61. The third-order valence-electron chi connectivity index (χ3n) is 21.9. The summed E-state index contributed by atoms with van der Waals surface area (Å²) in [5.41, 5.74) is 3.35. The third kappa shape index (κ3) is 6.88. The van der Waals surface area contributed by atoms with E-state index in [4.69, 9.17) is 10.2 Å². The number of Topliss-reactive ketones (excluding diaryl/α,β-unsaturated/α-hetero) is 2. The molecule has 0 saturated heterocycles. The number of carbonyl (C=O) groups is 2. The van der Waals surface area contributed by atoms with Crippen LogP contribution >= 0.6 is 0 Å². The topological polar surface area (TPSA) is 136 Å². The van der Waals surface area contributed by atoms with E-state index >= 15 is 0 Å². The van der Waals surface area contributed by atoms with Gasteiger partial charge in [0.2, 0.25) is 0 Å². The van der Waals surface area contributed by atoms with Crippen molar-refractivity contribution in [1.29, 1.82) is 0 Å². The highest BCUT2D eigenvalue weighted by Crippen LogP contribution is 2.67. The van der Waals surface area contributed by atoms with Crippen molar-refractivity contribution in [2.24, 2.45) is 81.8 Å². The Bertz CT molecular complexity index is 2530. The number of benzene rings is 2. The summed E-state index contributed by atoms with van der Waals surface area (Å²) in [6.07, 6.45) is 20.3. The first-order valence-corrected chi connectivity index (χ1v) is 26.8.